The van der Waals surface area contributed by atoms with Crippen LogP contribution in [0.25, 0.3) is 0 Å². The third-order valence-corrected chi connectivity index (χ3v) is 4.16. The average Bonchev–Trinajstić information content (AvgIpc) is 2.02. The van der Waals surface area contributed by atoms with Crippen LogP contribution in [-0.2, 0) is 0 Å². The largest absolute Gasteiger partial charge is 0.0999 e. The van der Waals surface area contributed by atoms with E-state index in [9.17, 15) is 0 Å². The Morgan fingerprint density at radius 3 is 2.08 bits per heavy atom. The van der Waals surface area contributed by atoms with Crippen molar-refractivity contribution in [1.29, 1.82) is 0 Å². The van der Waals surface area contributed by atoms with E-state index < -0.39 is 0 Å². The van der Waals surface area contributed by atoms with E-state index in [-0.39, 0.29) is 0 Å². The van der Waals surface area contributed by atoms with Crippen molar-refractivity contribution in [1.82, 2.24) is 0 Å². The molecule has 12 heavy (non-hydrogen) atoms. The standard InChI is InChI=1S/C12H20/c1-10(2)11-4-8-12(9-5-11)6-3-7-12/h11H,1,3-9H2,2H3. The maximum Gasteiger partial charge on any atom is -0.0208 e. The monoisotopic (exact) mass is 164 g/mol. The molecular weight excluding hydrogens is 144 g/mol. The van der Waals surface area contributed by atoms with Gasteiger partial charge in [0.15, 0.2) is 0 Å². The molecule has 0 unspecified atom stereocenters. The molecule has 2 aliphatic rings. The molecule has 0 N–H and O–H groups in total. The van der Waals surface area contributed by atoms with Crippen LogP contribution in [0.3, 0.4) is 0 Å². The molecule has 0 amide bonds. The Morgan fingerprint density at radius 2 is 1.75 bits per heavy atom. The first-order valence-corrected chi connectivity index (χ1v) is 5.37. The van der Waals surface area contributed by atoms with Crippen LogP contribution in [0.1, 0.15) is 51.9 Å². The Morgan fingerprint density at radius 1 is 1.17 bits per heavy atom. The fraction of sp³-hybridized carbons (Fsp3) is 0.833. The Balaban J connectivity index is 1.88. The lowest BCUT2D eigenvalue weighted by molar-refractivity contribution is 0.0625. The highest BCUT2D eigenvalue weighted by Gasteiger charge is 2.39. The summed E-state index contributed by atoms with van der Waals surface area (Å²) in [6, 6.07) is 0. The molecule has 2 rings (SSSR count). The Kier molecular flexibility index (Phi) is 2.02. The van der Waals surface area contributed by atoms with Gasteiger partial charge in [-0.2, -0.15) is 0 Å². The molecule has 0 nitrogen and oxygen atoms in total. The van der Waals surface area contributed by atoms with Crippen LogP contribution in [0, 0.1) is 11.3 Å². The first-order valence-electron chi connectivity index (χ1n) is 5.37. The minimum absolute atomic E-state index is 0.825. The van der Waals surface area contributed by atoms with Gasteiger partial charge in [0.1, 0.15) is 0 Å². The molecule has 0 heterocycles. The molecule has 0 aromatic carbocycles. The number of allylic oxidation sites excluding steroid dienone is 1. The highest BCUT2D eigenvalue weighted by Crippen LogP contribution is 2.53. The van der Waals surface area contributed by atoms with Gasteiger partial charge >= 0.3 is 0 Å². The minimum Gasteiger partial charge on any atom is -0.0999 e. The van der Waals surface area contributed by atoms with E-state index in [0.29, 0.717) is 0 Å². The van der Waals surface area contributed by atoms with Crippen LogP contribution in [0.15, 0.2) is 12.2 Å². The molecule has 68 valence electrons. The Hall–Kier alpha value is -0.260. The molecule has 0 aromatic heterocycles. The lowest BCUT2D eigenvalue weighted by atomic mass is 9.58. The van der Waals surface area contributed by atoms with Gasteiger partial charge in [0, 0.05) is 0 Å². The van der Waals surface area contributed by atoms with E-state index in [1.807, 2.05) is 0 Å². The predicted molar refractivity (Wildman–Crippen MR) is 53.1 cm³/mol. The van der Waals surface area contributed by atoms with Gasteiger partial charge in [-0.15, -0.1) is 0 Å². The number of rotatable bonds is 1. The highest BCUT2D eigenvalue weighted by molar-refractivity contribution is 5.02. The fourth-order valence-electron chi connectivity index (χ4n) is 2.90. The van der Waals surface area contributed by atoms with E-state index in [0.717, 1.165) is 11.3 Å². The first kappa shape index (κ1) is 8.34. The third kappa shape index (κ3) is 1.32. The molecule has 0 bridgehead atoms. The van der Waals surface area contributed by atoms with E-state index in [1.165, 1.54) is 50.5 Å². The summed E-state index contributed by atoms with van der Waals surface area (Å²) in [5, 5.41) is 0. The van der Waals surface area contributed by atoms with Crippen molar-refractivity contribution in [3.8, 4) is 0 Å². The SMILES string of the molecule is C=C(C)C1CCC2(CCC2)CC1. The molecule has 2 fully saturated rings. The zero-order chi connectivity index (χ0) is 8.60. The van der Waals surface area contributed by atoms with Gasteiger partial charge in [-0.1, -0.05) is 18.6 Å². The topological polar surface area (TPSA) is 0 Å². The molecular formula is C12H20. The lowest BCUT2D eigenvalue weighted by Gasteiger charge is -2.47. The summed E-state index contributed by atoms with van der Waals surface area (Å²) in [5.41, 5.74) is 2.25. The number of hydrogen-bond donors (Lipinski definition) is 0. The summed E-state index contributed by atoms with van der Waals surface area (Å²) in [6.45, 7) is 6.27. The highest BCUT2D eigenvalue weighted by atomic mass is 14.4. The van der Waals surface area contributed by atoms with Gasteiger partial charge in [-0.05, 0) is 56.8 Å². The molecule has 0 heteroatoms. The van der Waals surface area contributed by atoms with Crippen LogP contribution in [0.4, 0.5) is 0 Å². The van der Waals surface area contributed by atoms with Crippen LogP contribution < -0.4 is 0 Å². The summed E-state index contributed by atoms with van der Waals surface area (Å²) < 4.78 is 0. The normalized spacial score (nSPS) is 28.4. The van der Waals surface area contributed by atoms with Gasteiger partial charge in [0.05, 0.1) is 0 Å². The quantitative estimate of drug-likeness (QED) is 0.515. The zero-order valence-corrected chi connectivity index (χ0v) is 8.23. The summed E-state index contributed by atoms with van der Waals surface area (Å²) in [5.74, 6) is 0.858. The van der Waals surface area contributed by atoms with E-state index >= 15 is 0 Å². The third-order valence-electron chi connectivity index (χ3n) is 4.16. The van der Waals surface area contributed by atoms with Crippen LogP contribution in [0.2, 0.25) is 0 Å². The molecule has 2 saturated carbocycles. The molecule has 0 aliphatic heterocycles. The fourth-order valence-corrected chi connectivity index (χ4v) is 2.90. The summed E-state index contributed by atoms with van der Waals surface area (Å²) in [4.78, 5) is 0. The van der Waals surface area contributed by atoms with Gasteiger partial charge in [0.25, 0.3) is 0 Å². The van der Waals surface area contributed by atoms with Crippen molar-refractivity contribution in [2.24, 2.45) is 11.3 Å². The molecule has 0 saturated heterocycles. The second-order valence-electron chi connectivity index (χ2n) is 4.97. The zero-order valence-electron chi connectivity index (χ0n) is 8.23. The molecule has 1 spiro atoms. The summed E-state index contributed by atoms with van der Waals surface area (Å²) >= 11 is 0. The molecule has 0 aromatic rings. The van der Waals surface area contributed by atoms with Crippen molar-refractivity contribution < 1.29 is 0 Å². The number of hydrogen-bond acceptors (Lipinski definition) is 0. The summed E-state index contributed by atoms with van der Waals surface area (Å²) in [6.07, 6.45) is 10.4. The van der Waals surface area contributed by atoms with Crippen LogP contribution >= 0.6 is 0 Å². The Labute approximate surface area is 76.1 Å². The van der Waals surface area contributed by atoms with Crippen LogP contribution in [-0.4, -0.2) is 0 Å². The van der Waals surface area contributed by atoms with Crippen LogP contribution in [0.5, 0.6) is 0 Å². The molecule has 0 atom stereocenters. The van der Waals surface area contributed by atoms with Gasteiger partial charge in [-0.25, -0.2) is 0 Å². The predicted octanol–water partition coefficient (Wildman–Crippen LogP) is 3.92. The van der Waals surface area contributed by atoms with Crippen molar-refractivity contribution in [3.05, 3.63) is 12.2 Å². The van der Waals surface area contributed by atoms with E-state index in [2.05, 4.69) is 13.5 Å². The van der Waals surface area contributed by atoms with Crippen molar-refractivity contribution in [2.45, 2.75) is 51.9 Å². The van der Waals surface area contributed by atoms with Gasteiger partial charge in [-0.3, -0.25) is 0 Å². The Bertz CT molecular complexity index is 176. The lowest BCUT2D eigenvalue weighted by Crippen LogP contribution is -2.33. The van der Waals surface area contributed by atoms with Gasteiger partial charge < -0.3 is 0 Å². The van der Waals surface area contributed by atoms with Crippen molar-refractivity contribution >= 4 is 0 Å². The van der Waals surface area contributed by atoms with E-state index in [4.69, 9.17) is 0 Å². The molecule has 2 aliphatic carbocycles. The average molecular weight is 164 g/mol. The minimum atomic E-state index is 0.825. The van der Waals surface area contributed by atoms with E-state index in [1.54, 1.807) is 0 Å². The summed E-state index contributed by atoms with van der Waals surface area (Å²) in [7, 11) is 0. The second kappa shape index (κ2) is 2.90. The maximum atomic E-state index is 4.07. The molecule has 0 radical (unpaired) electrons. The maximum absolute atomic E-state index is 4.07. The van der Waals surface area contributed by atoms with Gasteiger partial charge in [0.2, 0.25) is 0 Å². The smallest absolute Gasteiger partial charge is 0.0208 e. The second-order valence-corrected chi connectivity index (χ2v) is 4.97. The van der Waals surface area contributed by atoms with Crippen molar-refractivity contribution in [2.75, 3.05) is 0 Å². The first-order chi connectivity index (χ1) is 5.72. The van der Waals surface area contributed by atoms with Crippen molar-refractivity contribution in [3.63, 3.8) is 0 Å².